The smallest absolute Gasteiger partial charge is 0.158 e. The highest BCUT2D eigenvalue weighted by Gasteiger charge is 2.21. The second-order valence-corrected chi connectivity index (χ2v) is 6.66. The van der Waals surface area contributed by atoms with Crippen LogP contribution >= 0.6 is 11.6 Å². The third-order valence-corrected chi connectivity index (χ3v) is 4.28. The molecular weight excluding hydrogens is 284 g/mol. The van der Waals surface area contributed by atoms with E-state index in [0.717, 1.165) is 22.7 Å². The number of imidazole rings is 1. The van der Waals surface area contributed by atoms with Gasteiger partial charge in [-0.1, -0.05) is 0 Å². The average molecular weight is 303 g/mol. The molecule has 0 spiro atoms. The van der Waals surface area contributed by atoms with Crippen LogP contribution in [0.15, 0.2) is 0 Å². The Morgan fingerprint density at radius 2 is 2.16 bits per heavy atom. The summed E-state index contributed by atoms with van der Waals surface area (Å²) >= 11 is 5.86. The first-order chi connectivity index (χ1) is 8.95. The number of hydrogen-bond donors (Lipinski definition) is 0. The van der Waals surface area contributed by atoms with Gasteiger partial charge < -0.3 is 4.57 Å². The van der Waals surface area contributed by atoms with E-state index >= 15 is 0 Å². The number of aromatic nitrogens is 4. The number of alkyl halides is 1. The van der Waals surface area contributed by atoms with Crippen LogP contribution in [0.2, 0.25) is 0 Å². The zero-order valence-corrected chi connectivity index (χ0v) is 13.3. The number of fused-ring (bicyclic) bond motifs is 1. The standard InChI is InChI=1S/C12H19ClN4OS/c1-8(7-19(4)18)17-10(5-6-13)14-11-9(2)15-16(3)12(11)17/h8H,5-7H2,1-4H3. The molecule has 5 nitrogen and oxygen atoms in total. The van der Waals surface area contributed by atoms with Crippen molar-refractivity contribution < 1.29 is 4.21 Å². The van der Waals surface area contributed by atoms with E-state index in [0.29, 0.717) is 18.1 Å². The highest BCUT2D eigenvalue weighted by molar-refractivity contribution is 7.84. The van der Waals surface area contributed by atoms with Crippen LogP contribution in [0.4, 0.5) is 0 Å². The van der Waals surface area contributed by atoms with E-state index < -0.39 is 10.8 Å². The zero-order chi connectivity index (χ0) is 14.2. The third-order valence-electron chi connectivity index (χ3n) is 3.14. The number of nitrogens with zero attached hydrogens (tertiary/aromatic N) is 4. The molecule has 0 saturated heterocycles. The Balaban J connectivity index is 2.59. The minimum atomic E-state index is -0.846. The Labute approximate surface area is 120 Å². The molecule has 0 radical (unpaired) electrons. The van der Waals surface area contributed by atoms with E-state index in [9.17, 15) is 4.21 Å². The van der Waals surface area contributed by atoms with Crippen LogP contribution in [0.3, 0.4) is 0 Å². The van der Waals surface area contributed by atoms with Gasteiger partial charge in [0.25, 0.3) is 0 Å². The van der Waals surface area contributed by atoms with Gasteiger partial charge in [-0.2, -0.15) is 5.10 Å². The summed E-state index contributed by atoms with van der Waals surface area (Å²) in [6.45, 7) is 4.01. The van der Waals surface area contributed by atoms with Gasteiger partial charge in [-0.25, -0.2) is 4.98 Å². The molecule has 2 aromatic rings. The molecule has 0 aliphatic rings. The first-order valence-corrected chi connectivity index (χ1v) is 8.48. The van der Waals surface area contributed by atoms with Crippen molar-refractivity contribution in [2.45, 2.75) is 26.3 Å². The molecule has 0 N–H and O–H groups in total. The molecule has 2 atom stereocenters. The summed E-state index contributed by atoms with van der Waals surface area (Å²) in [6.07, 6.45) is 2.43. The molecule has 0 aromatic carbocycles. The highest BCUT2D eigenvalue weighted by Crippen LogP contribution is 2.24. The number of rotatable bonds is 5. The van der Waals surface area contributed by atoms with Gasteiger partial charge in [0.05, 0.1) is 5.69 Å². The lowest BCUT2D eigenvalue weighted by molar-refractivity contribution is 0.569. The lowest BCUT2D eigenvalue weighted by atomic mass is 10.3. The van der Waals surface area contributed by atoms with Crippen LogP contribution in [0.25, 0.3) is 11.2 Å². The van der Waals surface area contributed by atoms with Gasteiger partial charge in [-0.05, 0) is 13.8 Å². The average Bonchev–Trinajstić information content (AvgIpc) is 2.78. The summed E-state index contributed by atoms with van der Waals surface area (Å²) in [5, 5.41) is 4.40. The van der Waals surface area contributed by atoms with E-state index in [4.69, 9.17) is 11.6 Å². The summed E-state index contributed by atoms with van der Waals surface area (Å²) in [7, 11) is 1.06. The molecule has 106 valence electrons. The van der Waals surface area contributed by atoms with E-state index in [1.165, 1.54) is 0 Å². The molecule has 0 saturated carbocycles. The predicted octanol–water partition coefficient (Wildman–Crippen LogP) is 1.80. The number of hydrogen-bond acceptors (Lipinski definition) is 3. The summed E-state index contributed by atoms with van der Waals surface area (Å²) in [6, 6.07) is 0.115. The Kier molecular flexibility index (Phi) is 4.30. The van der Waals surface area contributed by atoms with Gasteiger partial charge in [0, 0.05) is 48.2 Å². The third kappa shape index (κ3) is 2.69. The van der Waals surface area contributed by atoms with Crippen molar-refractivity contribution in [3.63, 3.8) is 0 Å². The summed E-state index contributed by atoms with van der Waals surface area (Å²) in [5.41, 5.74) is 2.81. The van der Waals surface area contributed by atoms with Gasteiger partial charge in [0.1, 0.15) is 11.3 Å². The van der Waals surface area contributed by atoms with Gasteiger partial charge in [0.2, 0.25) is 0 Å². The van der Waals surface area contributed by atoms with Gasteiger partial charge >= 0.3 is 0 Å². The van der Waals surface area contributed by atoms with E-state index in [1.54, 1.807) is 6.26 Å². The minimum Gasteiger partial charge on any atom is -0.309 e. The molecule has 0 aliphatic carbocycles. The molecular formula is C12H19ClN4OS. The first kappa shape index (κ1) is 14.5. The molecule has 2 aromatic heterocycles. The maximum Gasteiger partial charge on any atom is 0.158 e. The summed E-state index contributed by atoms with van der Waals surface area (Å²) in [5.74, 6) is 2.07. The van der Waals surface area contributed by atoms with Crippen LogP contribution in [0.1, 0.15) is 24.5 Å². The van der Waals surface area contributed by atoms with Crippen LogP contribution in [0.5, 0.6) is 0 Å². The molecule has 2 rings (SSSR count). The van der Waals surface area contributed by atoms with Crippen molar-refractivity contribution in [1.29, 1.82) is 0 Å². The zero-order valence-electron chi connectivity index (χ0n) is 11.7. The SMILES string of the molecule is Cc1nn(C)c2c1nc(CCCl)n2C(C)CS(C)=O. The maximum absolute atomic E-state index is 11.5. The normalized spacial score (nSPS) is 15.0. The highest BCUT2D eigenvalue weighted by atomic mass is 35.5. The van der Waals surface area contributed by atoms with E-state index in [1.807, 2.05) is 18.7 Å². The number of halogens is 1. The molecule has 2 unspecified atom stereocenters. The first-order valence-electron chi connectivity index (χ1n) is 6.22. The fraction of sp³-hybridized carbons (Fsp3) is 0.667. The number of aryl methyl sites for hydroxylation is 3. The lowest BCUT2D eigenvalue weighted by Gasteiger charge is -2.16. The van der Waals surface area contributed by atoms with Crippen molar-refractivity contribution in [2.75, 3.05) is 17.9 Å². The maximum atomic E-state index is 11.5. The van der Waals surface area contributed by atoms with Gasteiger partial charge in [0.15, 0.2) is 5.65 Å². The van der Waals surface area contributed by atoms with Crippen molar-refractivity contribution in [3.8, 4) is 0 Å². The molecule has 0 fully saturated rings. The van der Waals surface area contributed by atoms with E-state index in [-0.39, 0.29) is 6.04 Å². The van der Waals surface area contributed by atoms with Crippen molar-refractivity contribution in [1.82, 2.24) is 19.3 Å². The van der Waals surface area contributed by atoms with Crippen molar-refractivity contribution in [3.05, 3.63) is 11.5 Å². The largest absolute Gasteiger partial charge is 0.309 e. The van der Waals surface area contributed by atoms with Gasteiger partial charge in [-0.3, -0.25) is 8.89 Å². The molecule has 0 bridgehead atoms. The summed E-state index contributed by atoms with van der Waals surface area (Å²) in [4.78, 5) is 4.65. The Hall–Kier alpha value is -0.880. The molecule has 0 aliphatic heterocycles. The quantitative estimate of drug-likeness (QED) is 0.791. The van der Waals surface area contributed by atoms with Crippen LogP contribution in [-0.4, -0.2) is 41.4 Å². The van der Waals surface area contributed by atoms with E-state index in [2.05, 4.69) is 21.6 Å². The lowest BCUT2D eigenvalue weighted by Crippen LogP contribution is -2.17. The Bertz CT molecular complexity index is 619. The van der Waals surface area contributed by atoms with Crippen molar-refractivity contribution >= 4 is 33.6 Å². The topological polar surface area (TPSA) is 52.7 Å². The molecule has 0 amide bonds. The fourth-order valence-electron chi connectivity index (χ4n) is 2.48. The van der Waals surface area contributed by atoms with Gasteiger partial charge in [-0.15, -0.1) is 11.6 Å². The molecule has 7 heteroatoms. The fourth-order valence-corrected chi connectivity index (χ4v) is 3.48. The molecule has 2 heterocycles. The van der Waals surface area contributed by atoms with Crippen molar-refractivity contribution in [2.24, 2.45) is 7.05 Å². The van der Waals surface area contributed by atoms with Crippen LogP contribution in [0, 0.1) is 6.92 Å². The minimum absolute atomic E-state index is 0.115. The Morgan fingerprint density at radius 3 is 2.74 bits per heavy atom. The predicted molar refractivity (Wildman–Crippen MR) is 79.3 cm³/mol. The monoisotopic (exact) mass is 302 g/mol. The van der Waals surface area contributed by atoms with Crippen LogP contribution in [-0.2, 0) is 24.3 Å². The second kappa shape index (κ2) is 5.63. The summed E-state index contributed by atoms with van der Waals surface area (Å²) < 4.78 is 15.4. The van der Waals surface area contributed by atoms with Crippen LogP contribution < -0.4 is 0 Å². The Morgan fingerprint density at radius 1 is 1.47 bits per heavy atom. The second-order valence-electron chi connectivity index (χ2n) is 4.81. The molecule has 19 heavy (non-hydrogen) atoms.